The maximum atomic E-state index is 9.06. The molecule has 3 rings (SSSR count). The minimum Gasteiger partial charge on any atom is -0.396 e. The highest BCUT2D eigenvalue weighted by Gasteiger charge is 2.27. The zero-order valence-corrected chi connectivity index (χ0v) is 12.9. The molecule has 0 amide bonds. The van der Waals surface area contributed by atoms with Gasteiger partial charge in [-0.2, -0.15) is 0 Å². The molecule has 1 saturated heterocycles. The van der Waals surface area contributed by atoms with Crippen LogP contribution in [0.1, 0.15) is 36.1 Å². The van der Waals surface area contributed by atoms with Gasteiger partial charge in [0, 0.05) is 24.1 Å². The Labute approximate surface area is 123 Å². The van der Waals surface area contributed by atoms with Crippen molar-refractivity contribution in [2.75, 3.05) is 18.1 Å². The maximum Gasteiger partial charge on any atom is 0.141 e. The summed E-state index contributed by atoms with van der Waals surface area (Å²) in [5.74, 6) is 1.09. The molecule has 1 N–H and O–H groups in total. The molecule has 3 heterocycles. The van der Waals surface area contributed by atoms with Gasteiger partial charge in [-0.05, 0) is 45.1 Å². The van der Waals surface area contributed by atoms with E-state index >= 15 is 0 Å². The second-order valence-corrected chi connectivity index (χ2v) is 6.72. The molecule has 0 aromatic carbocycles. The van der Waals surface area contributed by atoms with Gasteiger partial charge in [-0.25, -0.2) is 9.97 Å². The molecule has 2 aromatic rings. The number of hydrogen-bond acceptors (Lipinski definition) is 5. The number of aliphatic hydroxyl groups is 1. The number of aryl methyl sites for hydroxylation is 2. The fourth-order valence-electron chi connectivity index (χ4n) is 3.12. The standard InChI is InChI=1S/C15H21N3OS/c1-10-11(2)20-15-13(10)14(16-9-17-15)18-7-3-5-12(18)6-4-8-19/h9,12,19H,3-8H2,1-2H3. The van der Waals surface area contributed by atoms with E-state index in [0.29, 0.717) is 6.04 Å². The van der Waals surface area contributed by atoms with E-state index in [1.54, 1.807) is 17.7 Å². The Hall–Kier alpha value is -1.20. The van der Waals surface area contributed by atoms with Gasteiger partial charge in [-0.1, -0.05) is 0 Å². The van der Waals surface area contributed by atoms with Gasteiger partial charge < -0.3 is 10.0 Å². The minimum absolute atomic E-state index is 0.278. The Morgan fingerprint density at radius 1 is 1.40 bits per heavy atom. The number of nitrogens with zero attached hydrogens (tertiary/aromatic N) is 3. The zero-order valence-electron chi connectivity index (χ0n) is 12.1. The van der Waals surface area contributed by atoms with Crippen molar-refractivity contribution in [2.24, 2.45) is 0 Å². The number of anilines is 1. The average Bonchev–Trinajstić information content (AvgIpc) is 3.02. The van der Waals surface area contributed by atoms with E-state index in [9.17, 15) is 0 Å². The van der Waals surface area contributed by atoms with Crippen LogP contribution in [0.4, 0.5) is 5.82 Å². The SMILES string of the molecule is Cc1sc2ncnc(N3CCCC3CCCO)c2c1C. The van der Waals surface area contributed by atoms with E-state index in [4.69, 9.17) is 5.11 Å². The number of aliphatic hydroxyl groups excluding tert-OH is 1. The van der Waals surface area contributed by atoms with Crippen LogP contribution in [-0.4, -0.2) is 34.3 Å². The van der Waals surface area contributed by atoms with Gasteiger partial charge in [0.1, 0.15) is 17.0 Å². The molecule has 1 aliphatic rings. The van der Waals surface area contributed by atoms with Crippen molar-refractivity contribution >= 4 is 27.4 Å². The maximum absolute atomic E-state index is 9.06. The summed E-state index contributed by atoms with van der Waals surface area (Å²) in [6.45, 7) is 5.66. The summed E-state index contributed by atoms with van der Waals surface area (Å²) in [6.07, 6.45) is 6.02. The van der Waals surface area contributed by atoms with Crippen LogP contribution in [0.15, 0.2) is 6.33 Å². The Morgan fingerprint density at radius 3 is 3.05 bits per heavy atom. The molecular weight excluding hydrogens is 270 g/mol. The molecule has 0 radical (unpaired) electrons. The monoisotopic (exact) mass is 291 g/mol. The van der Waals surface area contributed by atoms with Crippen molar-refractivity contribution in [1.29, 1.82) is 0 Å². The van der Waals surface area contributed by atoms with Crippen LogP contribution in [-0.2, 0) is 0 Å². The van der Waals surface area contributed by atoms with Crippen LogP contribution in [0.5, 0.6) is 0 Å². The molecular formula is C15H21N3OS. The molecule has 0 saturated carbocycles. The van der Waals surface area contributed by atoms with Crippen molar-refractivity contribution in [1.82, 2.24) is 9.97 Å². The highest BCUT2D eigenvalue weighted by Crippen LogP contribution is 2.37. The third-order valence-electron chi connectivity index (χ3n) is 4.29. The molecule has 5 heteroatoms. The van der Waals surface area contributed by atoms with Gasteiger partial charge >= 0.3 is 0 Å². The van der Waals surface area contributed by atoms with Gasteiger partial charge in [-0.15, -0.1) is 11.3 Å². The first kappa shape index (κ1) is 13.8. The summed E-state index contributed by atoms with van der Waals surface area (Å²) >= 11 is 1.75. The number of rotatable bonds is 4. The summed E-state index contributed by atoms with van der Waals surface area (Å²) in [5, 5.41) is 10.3. The minimum atomic E-state index is 0.278. The van der Waals surface area contributed by atoms with Gasteiger partial charge in [0.25, 0.3) is 0 Å². The van der Waals surface area contributed by atoms with E-state index in [-0.39, 0.29) is 6.61 Å². The molecule has 0 bridgehead atoms. The summed E-state index contributed by atoms with van der Waals surface area (Å²) in [6, 6.07) is 0.514. The molecule has 1 aliphatic heterocycles. The number of hydrogen-bond donors (Lipinski definition) is 1. The first-order valence-electron chi connectivity index (χ1n) is 7.30. The van der Waals surface area contributed by atoms with E-state index < -0.39 is 0 Å². The van der Waals surface area contributed by atoms with Crippen molar-refractivity contribution in [3.05, 3.63) is 16.8 Å². The molecule has 1 atom stereocenters. The van der Waals surface area contributed by atoms with Crippen LogP contribution >= 0.6 is 11.3 Å². The van der Waals surface area contributed by atoms with Crippen molar-refractivity contribution in [3.8, 4) is 0 Å². The van der Waals surface area contributed by atoms with Gasteiger partial charge in [-0.3, -0.25) is 0 Å². The number of aromatic nitrogens is 2. The molecule has 20 heavy (non-hydrogen) atoms. The Morgan fingerprint density at radius 2 is 2.25 bits per heavy atom. The van der Waals surface area contributed by atoms with E-state index in [0.717, 1.165) is 30.0 Å². The normalized spacial score (nSPS) is 19.1. The molecule has 1 fully saturated rings. The van der Waals surface area contributed by atoms with Crippen LogP contribution in [0.25, 0.3) is 10.2 Å². The van der Waals surface area contributed by atoms with Crippen molar-refractivity contribution < 1.29 is 5.11 Å². The van der Waals surface area contributed by atoms with Gasteiger partial charge in [0.2, 0.25) is 0 Å². The lowest BCUT2D eigenvalue weighted by Crippen LogP contribution is -2.30. The lowest BCUT2D eigenvalue weighted by atomic mass is 10.1. The average molecular weight is 291 g/mol. The first-order valence-corrected chi connectivity index (χ1v) is 8.12. The van der Waals surface area contributed by atoms with Crippen LogP contribution in [0, 0.1) is 13.8 Å². The fraction of sp³-hybridized carbons (Fsp3) is 0.600. The lowest BCUT2D eigenvalue weighted by molar-refractivity contribution is 0.279. The van der Waals surface area contributed by atoms with Crippen molar-refractivity contribution in [2.45, 2.75) is 45.6 Å². The second-order valence-electron chi connectivity index (χ2n) is 5.52. The lowest BCUT2D eigenvalue weighted by Gasteiger charge is -2.26. The summed E-state index contributed by atoms with van der Waals surface area (Å²) in [5.41, 5.74) is 1.31. The largest absolute Gasteiger partial charge is 0.396 e. The first-order chi connectivity index (χ1) is 9.72. The summed E-state index contributed by atoms with van der Waals surface area (Å²) in [4.78, 5) is 13.9. The van der Waals surface area contributed by atoms with E-state index in [1.165, 1.54) is 28.7 Å². The predicted molar refractivity (Wildman–Crippen MR) is 83.6 cm³/mol. The Kier molecular flexibility index (Phi) is 3.89. The fourth-order valence-corrected chi connectivity index (χ4v) is 4.11. The molecule has 2 aromatic heterocycles. The third-order valence-corrected chi connectivity index (χ3v) is 5.41. The van der Waals surface area contributed by atoms with Crippen LogP contribution in [0.3, 0.4) is 0 Å². The van der Waals surface area contributed by atoms with Crippen LogP contribution < -0.4 is 4.90 Å². The summed E-state index contributed by atoms with van der Waals surface area (Å²) in [7, 11) is 0. The Bertz CT molecular complexity index is 610. The summed E-state index contributed by atoms with van der Waals surface area (Å²) < 4.78 is 0. The van der Waals surface area contributed by atoms with E-state index in [1.807, 2.05) is 0 Å². The van der Waals surface area contributed by atoms with Crippen LogP contribution in [0.2, 0.25) is 0 Å². The topological polar surface area (TPSA) is 49.2 Å². The van der Waals surface area contributed by atoms with Gasteiger partial charge in [0.15, 0.2) is 0 Å². The molecule has 0 aliphatic carbocycles. The third kappa shape index (κ3) is 2.29. The van der Waals surface area contributed by atoms with E-state index in [2.05, 4.69) is 28.7 Å². The quantitative estimate of drug-likeness (QED) is 0.940. The van der Waals surface area contributed by atoms with Gasteiger partial charge in [0.05, 0.1) is 5.39 Å². The molecule has 4 nitrogen and oxygen atoms in total. The van der Waals surface area contributed by atoms with Crippen molar-refractivity contribution in [3.63, 3.8) is 0 Å². The smallest absolute Gasteiger partial charge is 0.141 e. The zero-order chi connectivity index (χ0) is 14.1. The highest BCUT2D eigenvalue weighted by molar-refractivity contribution is 7.18. The second kappa shape index (κ2) is 5.66. The number of thiophene rings is 1. The Balaban J connectivity index is 2.00. The highest BCUT2D eigenvalue weighted by atomic mass is 32.1. The molecule has 0 spiro atoms. The predicted octanol–water partition coefficient (Wildman–Crippen LogP) is 3.05. The number of fused-ring (bicyclic) bond motifs is 1. The molecule has 108 valence electrons. The molecule has 1 unspecified atom stereocenters.